The van der Waals surface area contributed by atoms with Crippen LogP contribution in [0.5, 0.6) is 0 Å². The van der Waals surface area contributed by atoms with E-state index >= 15 is 0 Å². The number of nitrogens with zero attached hydrogens (tertiary/aromatic N) is 3. The fourth-order valence-electron chi connectivity index (χ4n) is 1.69. The fourth-order valence-corrected chi connectivity index (χ4v) is 1.69. The van der Waals surface area contributed by atoms with Crippen molar-refractivity contribution in [3.8, 4) is 0 Å². The van der Waals surface area contributed by atoms with Crippen LogP contribution in [0, 0.1) is 10.1 Å². The average Bonchev–Trinajstić information content (AvgIpc) is 2.60. The summed E-state index contributed by atoms with van der Waals surface area (Å²) in [7, 11) is 0. The number of nitro groups is 1. The van der Waals surface area contributed by atoms with Crippen LogP contribution in [0.2, 0.25) is 0 Å². The molecule has 0 saturated heterocycles. The number of non-ortho nitro benzene ring substituents is 1. The van der Waals surface area contributed by atoms with Gasteiger partial charge in [0.2, 0.25) is 0 Å². The Morgan fingerprint density at radius 2 is 2.08 bits per heavy atom. The van der Waals surface area contributed by atoms with Crippen molar-refractivity contribution in [2.75, 3.05) is 6.54 Å². The summed E-state index contributed by atoms with van der Waals surface area (Å²) < 4.78 is 0. The van der Waals surface area contributed by atoms with Gasteiger partial charge in [-0.25, -0.2) is 5.43 Å². The van der Waals surface area contributed by atoms with E-state index in [9.17, 15) is 19.7 Å². The maximum Gasteiger partial charge on any atom is 0.270 e. The zero-order valence-corrected chi connectivity index (χ0v) is 12.4. The highest BCUT2D eigenvalue weighted by Crippen LogP contribution is 2.11. The molecule has 0 bridgehead atoms. The molecule has 9 heteroatoms. The van der Waals surface area contributed by atoms with Crippen molar-refractivity contribution in [3.63, 3.8) is 0 Å². The Morgan fingerprint density at radius 1 is 1.25 bits per heavy atom. The molecule has 0 aliphatic rings. The Morgan fingerprint density at radius 3 is 2.79 bits per heavy atom. The Labute approximate surface area is 136 Å². The fraction of sp³-hybridized carbons (Fsp3) is 0.0667. The largest absolute Gasteiger partial charge is 0.342 e. The monoisotopic (exact) mass is 327 g/mol. The molecule has 0 unspecified atom stereocenters. The van der Waals surface area contributed by atoms with Gasteiger partial charge in [-0.1, -0.05) is 18.2 Å². The van der Waals surface area contributed by atoms with Gasteiger partial charge in [0, 0.05) is 23.9 Å². The first kappa shape index (κ1) is 16.7. The molecule has 1 heterocycles. The van der Waals surface area contributed by atoms with Crippen molar-refractivity contribution in [1.29, 1.82) is 0 Å². The number of nitro benzene ring substituents is 1. The Bertz CT molecular complexity index is 776. The average molecular weight is 327 g/mol. The molecule has 2 N–H and O–H groups in total. The van der Waals surface area contributed by atoms with E-state index in [-0.39, 0.29) is 17.9 Å². The lowest BCUT2D eigenvalue weighted by Crippen LogP contribution is -2.35. The van der Waals surface area contributed by atoms with Crippen LogP contribution < -0.4 is 10.7 Å². The second-order valence-electron chi connectivity index (χ2n) is 4.54. The van der Waals surface area contributed by atoms with Crippen LogP contribution in [0.15, 0.2) is 53.8 Å². The van der Waals surface area contributed by atoms with Gasteiger partial charge in [-0.15, -0.1) is 0 Å². The van der Waals surface area contributed by atoms with Crippen molar-refractivity contribution in [2.45, 2.75) is 0 Å². The van der Waals surface area contributed by atoms with E-state index in [2.05, 4.69) is 20.8 Å². The van der Waals surface area contributed by atoms with E-state index < -0.39 is 16.7 Å². The molecule has 0 saturated carbocycles. The molecular weight excluding hydrogens is 314 g/mol. The van der Waals surface area contributed by atoms with Gasteiger partial charge in [0.1, 0.15) is 5.69 Å². The van der Waals surface area contributed by atoms with Crippen LogP contribution in [0.3, 0.4) is 0 Å². The number of carbonyl (C=O) groups is 2. The van der Waals surface area contributed by atoms with Crippen LogP contribution in [-0.2, 0) is 4.79 Å². The van der Waals surface area contributed by atoms with Gasteiger partial charge in [-0.3, -0.25) is 24.7 Å². The van der Waals surface area contributed by atoms with Crippen molar-refractivity contribution >= 4 is 23.7 Å². The molecule has 2 rings (SSSR count). The van der Waals surface area contributed by atoms with Gasteiger partial charge in [0.05, 0.1) is 17.7 Å². The van der Waals surface area contributed by atoms with Crippen LogP contribution >= 0.6 is 0 Å². The summed E-state index contributed by atoms with van der Waals surface area (Å²) in [6, 6.07) is 10.6. The number of carbonyl (C=O) groups excluding carboxylic acids is 2. The third kappa shape index (κ3) is 4.98. The van der Waals surface area contributed by atoms with Gasteiger partial charge in [0.25, 0.3) is 17.5 Å². The topological polar surface area (TPSA) is 127 Å². The predicted octanol–water partition coefficient (Wildman–Crippen LogP) is 0.870. The number of pyridine rings is 1. The van der Waals surface area contributed by atoms with Crippen molar-refractivity contribution in [2.24, 2.45) is 5.10 Å². The third-order valence-corrected chi connectivity index (χ3v) is 2.79. The van der Waals surface area contributed by atoms with E-state index in [4.69, 9.17) is 0 Å². The number of hydrogen-bond donors (Lipinski definition) is 2. The summed E-state index contributed by atoms with van der Waals surface area (Å²) in [6.45, 7) is -0.276. The molecular formula is C15H13N5O4. The van der Waals surface area contributed by atoms with E-state index in [1.807, 2.05) is 0 Å². The van der Waals surface area contributed by atoms with Gasteiger partial charge in [0.15, 0.2) is 0 Å². The summed E-state index contributed by atoms with van der Waals surface area (Å²) in [4.78, 5) is 37.2. The zero-order valence-electron chi connectivity index (χ0n) is 12.4. The Hall–Kier alpha value is -3.62. The highest BCUT2D eigenvalue weighted by Gasteiger charge is 2.08. The standard InChI is InChI=1S/C15H13N5O4/c21-14(10-17-15(22)13-6-1-2-7-16-13)19-18-9-11-4-3-5-12(8-11)20(23)24/h1-9H,10H2,(H,17,22)(H,19,21). The third-order valence-electron chi connectivity index (χ3n) is 2.79. The van der Waals surface area contributed by atoms with Gasteiger partial charge in [-0.2, -0.15) is 5.10 Å². The zero-order chi connectivity index (χ0) is 17.4. The molecule has 0 aliphatic heterocycles. The summed E-state index contributed by atoms with van der Waals surface area (Å²) in [5.41, 5.74) is 2.80. The predicted molar refractivity (Wildman–Crippen MR) is 85.4 cm³/mol. The minimum Gasteiger partial charge on any atom is -0.342 e. The van der Waals surface area contributed by atoms with E-state index in [1.165, 1.54) is 36.7 Å². The van der Waals surface area contributed by atoms with E-state index in [1.54, 1.807) is 18.2 Å². The summed E-state index contributed by atoms with van der Waals surface area (Å²) in [5, 5.41) is 16.7. The highest BCUT2D eigenvalue weighted by atomic mass is 16.6. The molecule has 9 nitrogen and oxygen atoms in total. The highest BCUT2D eigenvalue weighted by molar-refractivity contribution is 5.94. The first-order valence-corrected chi connectivity index (χ1v) is 6.82. The maximum atomic E-state index is 11.7. The van der Waals surface area contributed by atoms with Crippen LogP contribution in [0.4, 0.5) is 5.69 Å². The number of benzene rings is 1. The maximum absolute atomic E-state index is 11.7. The van der Waals surface area contributed by atoms with Crippen LogP contribution in [0.1, 0.15) is 16.1 Å². The lowest BCUT2D eigenvalue weighted by molar-refractivity contribution is -0.384. The summed E-state index contributed by atoms with van der Waals surface area (Å²) >= 11 is 0. The Balaban J connectivity index is 1.82. The molecule has 2 amide bonds. The second-order valence-corrected chi connectivity index (χ2v) is 4.54. The van der Waals surface area contributed by atoms with E-state index in [0.717, 1.165) is 0 Å². The number of aromatic nitrogens is 1. The number of hydrogen-bond acceptors (Lipinski definition) is 6. The first-order valence-electron chi connectivity index (χ1n) is 6.82. The lowest BCUT2D eigenvalue weighted by Gasteiger charge is -2.03. The molecule has 1 aromatic carbocycles. The van der Waals surface area contributed by atoms with Crippen molar-refractivity contribution in [3.05, 3.63) is 70.0 Å². The molecule has 0 radical (unpaired) electrons. The molecule has 0 fully saturated rings. The molecule has 1 aromatic heterocycles. The van der Waals surface area contributed by atoms with E-state index in [0.29, 0.717) is 5.56 Å². The minimum absolute atomic E-state index is 0.0760. The smallest absolute Gasteiger partial charge is 0.270 e. The Kier molecular flexibility index (Phi) is 5.67. The van der Waals surface area contributed by atoms with Gasteiger partial charge < -0.3 is 5.32 Å². The molecule has 24 heavy (non-hydrogen) atoms. The molecule has 2 aromatic rings. The second kappa shape index (κ2) is 8.13. The van der Waals surface area contributed by atoms with Crippen molar-refractivity contribution < 1.29 is 14.5 Å². The number of amides is 2. The molecule has 0 atom stereocenters. The quantitative estimate of drug-likeness (QED) is 0.462. The van der Waals surface area contributed by atoms with Gasteiger partial charge >= 0.3 is 0 Å². The molecule has 0 aliphatic carbocycles. The number of hydrazone groups is 1. The number of rotatable bonds is 6. The minimum atomic E-state index is -0.541. The van der Waals surface area contributed by atoms with Gasteiger partial charge in [-0.05, 0) is 12.1 Å². The summed E-state index contributed by atoms with van der Waals surface area (Å²) in [6.07, 6.45) is 2.74. The van der Waals surface area contributed by atoms with Crippen LogP contribution in [-0.4, -0.2) is 34.5 Å². The SMILES string of the molecule is O=C(CNC(=O)c1ccccn1)NN=Cc1cccc([N+](=O)[O-])c1. The van der Waals surface area contributed by atoms with Crippen molar-refractivity contribution in [1.82, 2.24) is 15.7 Å². The normalized spacial score (nSPS) is 10.3. The number of nitrogens with one attached hydrogen (secondary N) is 2. The molecule has 0 spiro atoms. The van der Waals surface area contributed by atoms with Crippen LogP contribution in [0.25, 0.3) is 0 Å². The first-order chi connectivity index (χ1) is 11.6. The lowest BCUT2D eigenvalue weighted by atomic mass is 10.2. The molecule has 122 valence electrons. The summed E-state index contributed by atoms with van der Waals surface area (Å²) in [5.74, 6) is -1.02.